The molecule has 0 saturated carbocycles. The van der Waals surface area contributed by atoms with E-state index in [0.717, 1.165) is 0 Å². The van der Waals surface area contributed by atoms with E-state index in [4.69, 9.17) is 69.6 Å². The smallest absolute Gasteiger partial charge is 0.0947 e. The molecule has 0 amide bonds. The van der Waals surface area contributed by atoms with E-state index in [-0.39, 0.29) is 0 Å². The van der Waals surface area contributed by atoms with E-state index in [1.807, 2.05) is 174 Å². The molecule has 0 spiro atoms. The van der Waals surface area contributed by atoms with Gasteiger partial charge in [0.15, 0.2) is 0 Å². The zero-order valence-electron chi connectivity index (χ0n) is 26.7. The Bertz CT molecular complexity index is 2100. The van der Waals surface area contributed by atoms with Crippen LogP contribution in [0.25, 0.3) is 0 Å². The summed E-state index contributed by atoms with van der Waals surface area (Å²) < 4.78 is 0. The number of nitrogens with zero attached hydrogens (tertiary/aromatic N) is 3. The minimum Gasteiger partial charge on any atom is -0.305 e. The van der Waals surface area contributed by atoms with Crippen molar-refractivity contribution in [2.75, 3.05) is 14.7 Å². The second-order valence-electron chi connectivity index (χ2n) is 11.4. The average Bonchev–Trinajstić information content (AvgIpc) is 3.14. The lowest BCUT2D eigenvalue weighted by molar-refractivity contribution is 1.19. The van der Waals surface area contributed by atoms with E-state index in [9.17, 15) is 0 Å². The zero-order valence-corrected chi connectivity index (χ0v) is 31.2. The molecule has 7 aromatic carbocycles. The van der Waals surface area contributed by atoms with Crippen LogP contribution >= 0.6 is 69.6 Å². The van der Waals surface area contributed by atoms with Crippen LogP contribution in [-0.2, 0) is 0 Å². The molecule has 0 aromatic heterocycles. The number of halogens is 6. The van der Waals surface area contributed by atoms with Gasteiger partial charge in [0.05, 0.1) is 81.3 Å². The zero-order chi connectivity index (χ0) is 35.5. The Morgan fingerprint density at radius 3 is 0.647 bits per heavy atom. The topological polar surface area (TPSA) is 9.72 Å². The summed E-state index contributed by atoms with van der Waals surface area (Å²) in [5.74, 6) is 0. The quantitative estimate of drug-likeness (QED) is 0.144. The molecule has 0 radical (unpaired) electrons. The van der Waals surface area contributed by atoms with Gasteiger partial charge >= 0.3 is 0 Å². The summed E-state index contributed by atoms with van der Waals surface area (Å²) in [6, 6.07) is 51.8. The van der Waals surface area contributed by atoms with Gasteiger partial charge in [-0.15, -0.1) is 0 Å². The first-order chi connectivity index (χ1) is 24.8. The fourth-order valence-corrected chi connectivity index (χ4v) is 7.38. The van der Waals surface area contributed by atoms with Crippen molar-refractivity contribution in [3.05, 3.63) is 194 Å². The third-order valence-corrected chi connectivity index (χ3v) is 10.2. The molecule has 0 fully saturated rings. The van der Waals surface area contributed by atoms with Gasteiger partial charge in [-0.1, -0.05) is 148 Å². The van der Waals surface area contributed by atoms with Crippen LogP contribution in [0.4, 0.5) is 51.2 Å². The van der Waals surface area contributed by atoms with E-state index >= 15 is 0 Å². The molecule has 0 aliphatic rings. The molecular weight excluding hydrogens is 759 g/mol. The predicted molar refractivity (Wildman–Crippen MR) is 221 cm³/mol. The lowest BCUT2D eigenvalue weighted by atomic mass is 10.1. The van der Waals surface area contributed by atoms with Gasteiger partial charge in [-0.2, -0.15) is 0 Å². The predicted octanol–water partition coefficient (Wildman–Crippen LogP) is 16.0. The number of rotatable bonds is 9. The number of para-hydroxylation sites is 7. The molecule has 3 nitrogen and oxygen atoms in total. The monoisotopic (exact) mass is 783 g/mol. The standard InChI is InChI=1S/C42H27Cl6N3/c43-28-14-1-7-20-34(28)49(35-21-8-2-15-29(35)44)40-26-13-27-41(50(36-22-9-3-16-30(36)45)37-23-10-4-17-31(37)46)42(40)51(38-24-11-5-18-32(38)47)39-25-12-6-19-33(39)48/h1-27H. The lowest BCUT2D eigenvalue weighted by Gasteiger charge is -2.38. The van der Waals surface area contributed by atoms with Gasteiger partial charge in [-0.05, 0) is 84.9 Å². The molecule has 252 valence electrons. The molecule has 0 saturated heterocycles. The highest BCUT2D eigenvalue weighted by atomic mass is 35.5. The van der Waals surface area contributed by atoms with Crippen molar-refractivity contribution in [1.82, 2.24) is 0 Å². The first-order valence-corrected chi connectivity index (χ1v) is 18.1. The van der Waals surface area contributed by atoms with Gasteiger partial charge in [0.2, 0.25) is 0 Å². The van der Waals surface area contributed by atoms with Crippen LogP contribution in [0.15, 0.2) is 164 Å². The summed E-state index contributed by atoms with van der Waals surface area (Å²) in [7, 11) is 0. The maximum absolute atomic E-state index is 7.11. The van der Waals surface area contributed by atoms with Crippen LogP contribution in [0.5, 0.6) is 0 Å². The van der Waals surface area contributed by atoms with Crippen molar-refractivity contribution >= 4 is 121 Å². The normalized spacial score (nSPS) is 10.9. The molecule has 51 heavy (non-hydrogen) atoms. The van der Waals surface area contributed by atoms with Crippen LogP contribution < -0.4 is 14.7 Å². The fraction of sp³-hybridized carbons (Fsp3) is 0. The van der Waals surface area contributed by atoms with Gasteiger partial charge in [-0.3, -0.25) is 0 Å². The highest BCUT2D eigenvalue weighted by Crippen LogP contribution is 2.56. The molecule has 0 N–H and O–H groups in total. The van der Waals surface area contributed by atoms with E-state index < -0.39 is 0 Å². The first-order valence-electron chi connectivity index (χ1n) is 15.9. The minimum absolute atomic E-state index is 0.502. The van der Waals surface area contributed by atoms with Crippen LogP contribution in [0.2, 0.25) is 30.1 Å². The van der Waals surface area contributed by atoms with E-state index in [1.54, 1.807) is 0 Å². The molecule has 0 atom stereocenters. The molecule has 7 rings (SSSR count). The van der Waals surface area contributed by atoms with Crippen molar-refractivity contribution in [3.8, 4) is 0 Å². The van der Waals surface area contributed by atoms with Gasteiger partial charge in [0.1, 0.15) is 0 Å². The average molecular weight is 786 g/mol. The fourth-order valence-electron chi connectivity index (χ4n) is 6.06. The van der Waals surface area contributed by atoms with Crippen LogP contribution in [0.3, 0.4) is 0 Å². The molecule has 0 heterocycles. The molecule has 9 heteroatoms. The Balaban J connectivity index is 1.69. The Morgan fingerprint density at radius 2 is 0.412 bits per heavy atom. The lowest BCUT2D eigenvalue weighted by Crippen LogP contribution is -2.22. The highest BCUT2D eigenvalue weighted by Gasteiger charge is 2.32. The van der Waals surface area contributed by atoms with Gasteiger partial charge < -0.3 is 14.7 Å². The molecular formula is C42H27Cl6N3. The Labute approximate surface area is 327 Å². The summed E-state index contributed by atoms with van der Waals surface area (Å²) >= 11 is 42.4. The van der Waals surface area contributed by atoms with Gasteiger partial charge in [0.25, 0.3) is 0 Å². The van der Waals surface area contributed by atoms with E-state index in [2.05, 4.69) is 4.90 Å². The van der Waals surface area contributed by atoms with Crippen LogP contribution in [0, 0.1) is 0 Å². The van der Waals surface area contributed by atoms with Crippen molar-refractivity contribution in [1.29, 1.82) is 0 Å². The molecule has 0 unspecified atom stereocenters. The number of hydrogen-bond donors (Lipinski definition) is 0. The Morgan fingerprint density at radius 1 is 0.216 bits per heavy atom. The summed E-state index contributed by atoms with van der Waals surface area (Å²) in [5.41, 5.74) is 6.25. The van der Waals surface area contributed by atoms with E-state index in [1.165, 1.54) is 0 Å². The van der Waals surface area contributed by atoms with Crippen LogP contribution in [-0.4, -0.2) is 0 Å². The maximum atomic E-state index is 7.11. The molecule has 0 bridgehead atoms. The number of hydrogen-bond acceptors (Lipinski definition) is 3. The maximum Gasteiger partial charge on any atom is 0.0947 e. The largest absolute Gasteiger partial charge is 0.305 e. The molecule has 0 aliphatic heterocycles. The Hall–Kier alpha value is -4.32. The second kappa shape index (κ2) is 15.5. The van der Waals surface area contributed by atoms with Crippen molar-refractivity contribution in [2.45, 2.75) is 0 Å². The van der Waals surface area contributed by atoms with Crippen molar-refractivity contribution in [3.63, 3.8) is 0 Å². The first kappa shape index (κ1) is 35.1. The third-order valence-electron chi connectivity index (χ3n) is 8.26. The summed E-state index contributed by atoms with van der Waals surface area (Å²) in [6.45, 7) is 0. The SMILES string of the molecule is Clc1ccccc1N(c1ccccc1Cl)c1cccc(N(c2ccccc2Cl)c2ccccc2Cl)c1N(c1ccccc1Cl)c1ccccc1Cl. The van der Waals surface area contributed by atoms with Gasteiger partial charge in [-0.25, -0.2) is 0 Å². The minimum atomic E-state index is 0.502. The molecule has 0 aliphatic carbocycles. The summed E-state index contributed by atoms with van der Waals surface area (Å²) in [6.07, 6.45) is 0. The highest BCUT2D eigenvalue weighted by molar-refractivity contribution is 6.37. The summed E-state index contributed by atoms with van der Waals surface area (Å²) in [4.78, 5) is 6.14. The van der Waals surface area contributed by atoms with Crippen molar-refractivity contribution in [2.24, 2.45) is 0 Å². The Kier molecular flexibility index (Phi) is 10.7. The van der Waals surface area contributed by atoms with Crippen LogP contribution in [0.1, 0.15) is 0 Å². The summed E-state index contributed by atoms with van der Waals surface area (Å²) in [5, 5.41) is 3.08. The van der Waals surface area contributed by atoms with E-state index in [0.29, 0.717) is 81.3 Å². The number of anilines is 9. The van der Waals surface area contributed by atoms with Gasteiger partial charge in [0, 0.05) is 0 Å². The van der Waals surface area contributed by atoms with Crippen molar-refractivity contribution < 1.29 is 0 Å². The third kappa shape index (κ3) is 6.99. The number of benzene rings is 7. The molecule has 7 aromatic rings. The second-order valence-corrected chi connectivity index (χ2v) is 13.8.